The summed E-state index contributed by atoms with van der Waals surface area (Å²) in [5, 5.41) is 4.99. The molecule has 0 radical (unpaired) electrons. The van der Waals surface area contributed by atoms with Crippen LogP contribution in [0.15, 0.2) is 185 Å². The van der Waals surface area contributed by atoms with Gasteiger partial charge in [-0.25, -0.2) is 25.3 Å². The van der Waals surface area contributed by atoms with Gasteiger partial charge in [-0.3, -0.25) is 29.1 Å². The summed E-state index contributed by atoms with van der Waals surface area (Å²) in [6, 6.07) is 37.4. The summed E-state index contributed by atoms with van der Waals surface area (Å²) in [4.78, 5) is 12.6. The Balaban J connectivity index is 0.000000140. The van der Waals surface area contributed by atoms with Crippen LogP contribution in [-0.2, 0) is 30.1 Å². The second-order valence-electron chi connectivity index (χ2n) is 15.2. The van der Waals surface area contributed by atoms with Crippen molar-refractivity contribution >= 4 is 79.4 Å². The van der Waals surface area contributed by atoms with E-state index in [1.807, 2.05) is 31.2 Å². The Morgan fingerprint density at radius 3 is 1.33 bits per heavy atom. The van der Waals surface area contributed by atoms with Crippen LogP contribution in [0.4, 0.5) is 17.1 Å². The molecule has 10 rings (SSSR count). The minimum Gasteiger partial charge on any atom is -0.493 e. The maximum absolute atomic E-state index is 12.7. The van der Waals surface area contributed by atoms with E-state index in [1.165, 1.54) is 38.5 Å². The molecular formula is C50H44N6O10S3. The molecule has 352 valence electrons. The number of benzene rings is 6. The van der Waals surface area contributed by atoms with Crippen LogP contribution in [0.5, 0.6) is 23.0 Å². The number of ether oxygens (including phenoxy) is 4. The van der Waals surface area contributed by atoms with Crippen molar-refractivity contribution in [1.82, 2.24) is 15.0 Å². The van der Waals surface area contributed by atoms with Gasteiger partial charge in [-0.2, -0.15) is 0 Å². The standard InChI is InChI=1S/C17H14N2O4S.C17H16N2O4S.C16H14N2O2S/c20-24(21,13-4-5-16-17(10-13)23-9-8-22-16)19-15-3-1-2-12-11-18-7-6-14(12)15;1-22-16-7-6-13(10-17(16)23-2)24(20,21)19-15-5-3-4-12-11-18-9-8-14(12)15;1-12-4-2-6-14(10-12)21(19,20)18-16-7-3-5-13-11-17-9-8-15(13)16/h1-7,10-11,19H,8-9H2;3-11,19H,1-2H3;2-11,18H,1H3. The molecule has 0 aliphatic carbocycles. The first-order valence-electron chi connectivity index (χ1n) is 21.0. The number of anilines is 3. The lowest BCUT2D eigenvalue weighted by atomic mass is 10.1. The Morgan fingerprint density at radius 2 is 0.870 bits per heavy atom. The van der Waals surface area contributed by atoms with E-state index in [9.17, 15) is 25.3 Å². The Kier molecular flexibility index (Phi) is 14.1. The fraction of sp³-hybridized carbons (Fsp3) is 0.100. The number of pyridine rings is 3. The first-order valence-corrected chi connectivity index (χ1v) is 25.4. The van der Waals surface area contributed by atoms with Crippen LogP contribution in [-0.4, -0.2) is 67.6 Å². The molecule has 0 saturated carbocycles. The molecule has 0 unspecified atom stereocenters. The highest BCUT2D eigenvalue weighted by Gasteiger charge is 2.21. The second kappa shape index (κ2) is 20.5. The van der Waals surface area contributed by atoms with E-state index >= 15 is 0 Å². The predicted octanol–water partition coefficient (Wildman–Crippen LogP) is 9.20. The quantitative estimate of drug-likeness (QED) is 0.110. The summed E-state index contributed by atoms with van der Waals surface area (Å²) in [7, 11) is -8.16. The van der Waals surface area contributed by atoms with E-state index < -0.39 is 30.1 Å². The van der Waals surface area contributed by atoms with Gasteiger partial charge in [0.15, 0.2) is 23.0 Å². The highest BCUT2D eigenvalue weighted by molar-refractivity contribution is 7.93. The van der Waals surface area contributed by atoms with E-state index in [1.54, 1.807) is 122 Å². The number of hydrogen-bond acceptors (Lipinski definition) is 13. The highest BCUT2D eigenvalue weighted by atomic mass is 32.2. The topological polar surface area (TPSA) is 214 Å². The average molecular weight is 985 g/mol. The van der Waals surface area contributed by atoms with Gasteiger partial charge in [0.25, 0.3) is 30.1 Å². The molecule has 0 atom stereocenters. The fourth-order valence-electron chi connectivity index (χ4n) is 7.20. The van der Waals surface area contributed by atoms with Crippen LogP contribution < -0.4 is 33.1 Å². The minimum atomic E-state index is -3.77. The molecule has 6 aromatic carbocycles. The van der Waals surface area contributed by atoms with Crippen LogP contribution in [0.25, 0.3) is 32.3 Å². The molecule has 0 spiro atoms. The molecule has 3 N–H and O–H groups in total. The van der Waals surface area contributed by atoms with E-state index in [-0.39, 0.29) is 14.7 Å². The van der Waals surface area contributed by atoms with Crippen LogP contribution in [0, 0.1) is 6.92 Å². The van der Waals surface area contributed by atoms with Gasteiger partial charge in [0.05, 0.1) is 46.0 Å². The normalized spacial score (nSPS) is 12.2. The molecule has 0 amide bonds. The van der Waals surface area contributed by atoms with Crippen molar-refractivity contribution in [2.24, 2.45) is 0 Å². The van der Waals surface area contributed by atoms with E-state index in [0.29, 0.717) is 53.3 Å². The minimum absolute atomic E-state index is 0.0891. The zero-order valence-corrected chi connectivity index (χ0v) is 39.7. The van der Waals surface area contributed by atoms with E-state index in [2.05, 4.69) is 29.1 Å². The lowest BCUT2D eigenvalue weighted by molar-refractivity contribution is 0.171. The van der Waals surface area contributed by atoms with Gasteiger partial charge in [0, 0.05) is 81.6 Å². The van der Waals surface area contributed by atoms with E-state index in [0.717, 1.165) is 37.9 Å². The van der Waals surface area contributed by atoms with Crippen molar-refractivity contribution in [3.05, 3.63) is 176 Å². The first kappa shape index (κ1) is 47.5. The van der Waals surface area contributed by atoms with Gasteiger partial charge < -0.3 is 18.9 Å². The van der Waals surface area contributed by atoms with Crippen molar-refractivity contribution in [3.8, 4) is 23.0 Å². The van der Waals surface area contributed by atoms with Gasteiger partial charge in [0.1, 0.15) is 13.2 Å². The molecule has 1 aliphatic heterocycles. The molecule has 4 heterocycles. The molecule has 1 aliphatic rings. The largest absolute Gasteiger partial charge is 0.493 e. The summed E-state index contributed by atoms with van der Waals surface area (Å²) in [5.74, 6) is 1.80. The third kappa shape index (κ3) is 11.1. The van der Waals surface area contributed by atoms with Gasteiger partial charge in [0.2, 0.25) is 0 Å². The second-order valence-corrected chi connectivity index (χ2v) is 20.2. The zero-order valence-electron chi connectivity index (χ0n) is 37.2. The predicted molar refractivity (Wildman–Crippen MR) is 266 cm³/mol. The summed E-state index contributed by atoms with van der Waals surface area (Å²) < 4.78 is 105. The molecule has 19 heteroatoms. The third-order valence-corrected chi connectivity index (χ3v) is 14.7. The Labute approximate surface area is 399 Å². The van der Waals surface area contributed by atoms with Crippen molar-refractivity contribution < 1.29 is 44.2 Å². The van der Waals surface area contributed by atoms with Gasteiger partial charge in [-0.1, -0.05) is 48.5 Å². The lowest BCUT2D eigenvalue weighted by Crippen LogP contribution is -2.17. The number of hydrogen-bond donors (Lipinski definition) is 3. The average Bonchev–Trinajstić information content (AvgIpc) is 3.36. The molecule has 0 saturated heterocycles. The summed E-state index contributed by atoms with van der Waals surface area (Å²) in [5.41, 5.74) is 2.45. The molecule has 0 bridgehead atoms. The summed E-state index contributed by atoms with van der Waals surface area (Å²) in [6.45, 7) is 2.73. The number of rotatable bonds is 11. The maximum atomic E-state index is 12.7. The van der Waals surface area contributed by atoms with E-state index in [4.69, 9.17) is 18.9 Å². The Hall–Kier alpha value is -8.00. The van der Waals surface area contributed by atoms with Gasteiger partial charge in [-0.05, 0) is 85.3 Å². The fourth-order valence-corrected chi connectivity index (χ4v) is 10.6. The number of aryl methyl sites for hydroxylation is 1. The summed E-state index contributed by atoms with van der Waals surface area (Å²) >= 11 is 0. The number of sulfonamides is 3. The first-order chi connectivity index (χ1) is 33.2. The molecule has 9 aromatic rings. The smallest absolute Gasteiger partial charge is 0.262 e. The third-order valence-electron chi connectivity index (χ3n) is 10.6. The van der Waals surface area contributed by atoms with Crippen molar-refractivity contribution in [3.63, 3.8) is 0 Å². The molecule has 69 heavy (non-hydrogen) atoms. The highest BCUT2D eigenvalue weighted by Crippen LogP contribution is 2.34. The lowest BCUT2D eigenvalue weighted by Gasteiger charge is -2.19. The zero-order chi connectivity index (χ0) is 48.6. The van der Waals surface area contributed by atoms with Crippen LogP contribution in [0.1, 0.15) is 5.56 Å². The molecule has 16 nitrogen and oxygen atoms in total. The van der Waals surface area contributed by atoms with Crippen LogP contribution in [0.3, 0.4) is 0 Å². The SMILES string of the molecule is COc1ccc(S(=O)(=O)Nc2cccc3cnccc23)cc1OC.Cc1cccc(S(=O)(=O)Nc2cccc3cnccc23)c1.O=S(=O)(Nc1cccc2cnccc12)c1ccc2c(c1)OCCO2. The number of fused-ring (bicyclic) bond motifs is 4. The Bertz CT molecular complexity index is 3510. The van der Waals surface area contributed by atoms with Crippen molar-refractivity contribution in [2.75, 3.05) is 41.6 Å². The summed E-state index contributed by atoms with van der Waals surface area (Å²) in [6.07, 6.45) is 9.98. The van der Waals surface area contributed by atoms with Crippen LogP contribution in [0.2, 0.25) is 0 Å². The van der Waals surface area contributed by atoms with Gasteiger partial charge in [-0.15, -0.1) is 0 Å². The number of methoxy groups -OCH3 is 2. The van der Waals surface area contributed by atoms with Crippen LogP contribution >= 0.6 is 0 Å². The number of nitrogens with one attached hydrogen (secondary N) is 3. The number of aromatic nitrogens is 3. The van der Waals surface area contributed by atoms with Gasteiger partial charge >= 0.3 is 0 Å². The monoisotopic (exact) mass is 984 g/mol. The Morgan fingerprint density at radius 1 is 0.449 bits per heavy atom. The molecular weight excluding hydrogens is 941 g/mol. The van der Waals surface area contributed by atoms with Crippen molar-refractivity contribution in [2.45, 2.75) is 21.6 Å². The van der Waals surface area contributed by atoms with Crippen molar-refractivity contribution in [1.29, 1.82) is 0 Å². The molecule has 0 fully saturated rings. The molecule has 3 aromatic heterocycles. The number of nitrogens with zero attached hydrogens (tertiary/aromatic N) is 3. The maximum Gasteiger partial charge on any atom is 0.262 e.